The van der Waals surface area contributed by atoms with Crippen LogP contribution in [0.15, 0.2) is 36.8 Å². The van der Waals surface area contributed by atoms with Crippen molar-refractivity contribution >= 4 is 22.6 Å². The smallest absolute Gasteiger partial charge is 0.239 e. The molecule has 0 saturated carbocycles. The maximum absolute atomic E-state index is 12.4. The first-order chi connectivity index (χ1) is 13.1. The third-order valence-corrected chi connectivity index (χ3v) is 4.69. The lowest BCUT2D eigenvalue weighted by molar-refractivity contribution is -0.119. The van der Waals surface area contributed by atoms with Crippen LogP contribution in [0, 0.1) is 0 Å². The number of pyridine rings is 2. The van der Waals surface area contributed by atoms with Gasteiger partial charge in [-0.2, -0.15) is 5.10 Å². The SMILES string of the molecule is C[C@H]1COCCN1CC(=O)Nc1cc2nc(-c3cnn(C)c3)ccc2cn1. The predicted molar refractivity (Wildman–Crippen MR) is 102 cm³/mol. The van der Waals surface area contributed by atoms with E-state index in [1.54, 1.807) is 23.1 Å². The van der Waals surface area contributed by atoms with Crippen molar-refractivity contribution in [1.29, 1.82) is 0 Å². The van der Waals surface area contributed by atoms with E-state index in [9.17, 15) is 4.79 Å². The zero-order valence-electron chi connectivity index (χ0n) is 15.4. The molecule has 1 atom stereocenters. The molecule has 1 aliphatic heterocycles. The topological polar surface area (TPSA) is 85.2 Å². The van der Waals surface area contributed by atoms with Crippen LogP contribution in [-0.4, -0.2) is 62.9 Å². The number of carbonyl (C=O) groups is 1. The van der Waals surface area contributed by atoms with E-state index < -0.39 is 0 Å². The Labute approximate surface area is 157 Å². The van der Waals surface area contributed by atoms with E-state index in [1.165, 1.54) is 0 Å². The molecule has 1 saturated heterocycles. The van der Waals surface area contributed by atoms with Gasteiger partial charge in [0.05, 0.1) is 37.2 Å². The Bertz CT molecular complexity index is 970. The number of aromatic nitrogens is 4. The molecule has 3 aromatic rings. The Hall–Kier alpha value is -2.84. The molecule has 1 aliphatic rings. The number of amides is 1. The zero-order chi connectivity index (χ0) is 18.8. The molecule has 1 fully saturated rings. The number of hydrogen-bond donors (Lipinski definition) is 1. The quantitative estimate of drug-likeness (QED) is 0.756. The van der Waals surface area contributed by atoms with Gasteiger partial charge in [0.1, 0.15) is 5.82 Å². The van der Waals surface area contributed by atoms with Gasteiger partial charge in [-0.1, -0.05) is 0 Å². The highest BCUT2D eigenvalue weighted by Gasteiger charge is 2.21. The van der Waals surface area contributed by atoms with Crippen LogP contribution in [0.3, 0.4) is 0 Å². The molecule has 4 rings (SSSR count). The minimum Gasteiger partial charge on any atom is -0.379 e. The van der Waals surface area contributed by atoms with Gasteiger partial charge in [-0.25, -0.2) is 9.97 Å². The first kappa shape index (κ1) is 17.6. The fraction of sp³-hybridized carbons (Fsp3) is 0.368. The van der Waals surface area contributed by atoms with Gasteiger partial charge in [0.25, 0.3) is 0 Å². The number of ether oxygens (including phenoxy) is 1. The van der Waals surface area contributed by atoms with E-state index >= 15 is 0 Å². The first-order valence-corrected chi connectivity index (χ1v) is 8.96. The first-order valence-electron chi connectivity index (χ1n) is 8.96. The van der Waals surface area contributed by atoms with Crippen molar-refractivity contribution in [3.05, 3.63) is 36.8 Å². The Morgan fingerprint density at radius 3 is 3.04 bits per heavy atom. The molecule has 8 heteroatoms. The molecule has 0 unspecified atom stereocenters. The van der Waals surface area contributed by atoms with Gasteiger partial charge in [0.15, 0.2) is 0 Å². The van der Waals surface area contributed by atoms with Gasteiger partial charge in [-0.15, -0.1) is 0 Å². The number of nitrogens with one attached hydrogen (secondary N) is 1. The molecule has 8 nitrogen and oxygen atoms in total. The number of carbonyl (C=O) groups excluding carboxylic acids is 1. The van der Waals surface area contributed by atoms with E-state index in [0.29, 0.717) is 25.6 Å². The van der Waals surface area contributed by atoms with Crippen molar-refractivity contribution < 1.29 is 9.53 Å². The monoisotopic (exact) mass is 366 g/mol. The van der Waals surface area contributed by atoms with Crippen molar-refractivity contribution in [2.45, 2.75) is 13.0 Å². The second-order valence-electron chi connectivity index (χ2n) is 6.80. The normalized spacial score (nSPS) is 17.9. The molecular weight excluding hydrogens is 344 g/mol. The van der Waals surface area contributed by atoms with E-state index in [4.69, 9.17) is 4.74 Å². The highest BCUT2D eigenvalue weighted by Crippen LogP contribution is 2.21. The Balaban J connectivity index is 1.51. The predicted octanol–water partition coefficient (Wildman–Crippen LogP) is 1.69. The largest absolute Gasteiger partial charge is 0.379 e. The fourth-order valence-corrected chi connectivity index (χ4v) is 3.16. The molecule has 0 bridgehead atoms. The minimum absolute atomic E-state index is 0.0842. The number of aryl methyl sites for hydroxylation is 1. The number of anilines is 1. The number of morpholine rings is 1. The number of fused-ring (bicyclic) bond motifs is 1. The third-order valence-electron chi connectivity index (χ3n) is 4.69. The summed E-state index contributed by atoms with van der Waals surface area (Å²) in [7, 11) is 1.87. The molecular formula is C19H22N6O2. The number of hydrogen-bond acceptors (Lipinski definition) is 6. The van der Waals surface area contributed by atoms with Crippen LogP contribution in [0.1, 0.15) is 6.92 Å². The molecule has 0 spiro atoms. The van der Waals surface area contributed by atoms with Crippen LogP contribution in [0.2, 0.25) is 0 Å². The van der Waals surface area contributed by atoms with Crippen molar-refractivity contribution in [2.24, 2.45) is 7.05 Å². The van der Waals surface area contributed by atoms with Crippen LogP contribution in [0.25, 0.3) is 22.2 Å². The van der Waals surface area contributed by atoms with Crippen molar-refractivity contribution in [1.82, 2.24) is 24.6 Å². The maximum Gasteiger partial charge on any atom is 0.239 e. The summed E-state index contributed by atoms with van der Waals surface area (Å²) < 4.78 is 7.15. The van der Waals surface area contributed by atoms with E-state index in [1.807, 2.05) is 25.4 Å². The zero-order valence-corrected chi connectivity index (χ0v) is 15.4. The van der Waals surface area contributed by atoms with Gasteiger partial charge in [-0.05, 0) is 19.1 Å². The Morgan fingerprint density at radius 1 is 1.37 bits per heavy atom. The van der Waals surface area contributed by atoms with Gasteiger partial charge >= 0.3 is 0 Å². The lowest BCUT2D eigenvalue weighted by atomic mass is 10.2. The fourth-order valence-electron chi connectivity index (χ4n) is 3.16. The minimum atomic E-state index is -0.0842. The van der Waals surface area contributed by atoms with Crippen molar-refractivity contribution in [3.63, 3.8) is 0 Å². The lowest BCUT2D eigenvalue weighted by Gasteiger charge is -2.32. The highest BCUT2D eigenvalue weighted by molar-refractivity contribution is 5.93. The number of nitrogens with zero attached hydrogens (tertiary/aromatic N) is 5. The van der Waals surface area contributed by atoms with Gasteiger partial charge in [0, 0.05) is 49.0 Å². The number of rotatable bonds is 4. The van der Waals surface area contributed by atoms with Crippen LogP contribution >= 0.6 is 0 Å². The summed E-state index contributed by atoms with van der Waals surface area (Å²) in [6.07, 6.45) is 5.42. The summed E-state index contributed by atoms with van der Waals surface area (Å²) in [5.41, 5.74) is 2.56. The van der Waals surface area contributed by atoms with E-state index in [0.717, 1.165) is 28.7 Å². The van der Waals surface area contributed by atoms with E-state index in [2.05, 4.69) is 32.2 Å². The highest BCUT2D eigenvalue weighted by atomic mass is 16.5. The van der Waals surface area contributed by atoms with Crippen molar-refractivity contribution in [3.8, 4) is 11.3 Å². The molecule has 4 heterocycles. The van der Waals surface area contributed by atoms with Crippen LogP contribution in [0.4, 0.5) is 5.82 Å². The van der Waals surface area contributed by atoms with Crippen LogP contribution in [0.5, 0.6) is 0 Å². The second-order valence-corrected chi connectivity index (χ2v) is 6.80. The summed E-state index contributed by atoms with van der Waals surface area (Å²) in [6, 6.07) is 5.95. The second kappa shape index (κ2) is 7.42. The summed E-state index contributed by atoms with van der Waals surface area (Å²) in [4.78, 5) is 23.5. The lowest BCUT2D eigenvalue weighted by Crippen LogP contribution is -2.47. The summed E-state index contributed by atoms with van der Waals surface area (Å²) in [5, 5.41) is 7.98. The molecule has 140 valence electrons. The summed E-state index contributed by atoms with van der Waals surface area (Å²) in [5.74, 6) is 0.420. The average molecular weight is 366 g/mol. The van der Waals surface area contributed by atoms with Gasteiger partial charge in [-0.3, -0.25) is 14.4 Å². The Morgan fingerprint density at radius 2 is 2.26 bits per heavy atom. The van der Waals surface area contributed by atoms with E-state index in [-0.39, 0.29) is 11.9 Å². The van der Waals surface area contributed by atoms with Gasteiger partial charge in [0.2, 0.25) is 5.91 Å². The summed E-state index contributed by atoms with van der Waals surface area (Å²) in [6.45, 7) is 4.46. The van der Waals surface area contributed by atoms with Crippen LogP contribution in [-0.2, 0) is 16.6 Å². The summed E-state index contributed by atoms with van der Waals surface area (Å²) >= 11 is 0. The van der Waals surface area contributed by atoms with Crippen molar-refractivity contribution in [2.75, 3.05) is 31.6 Å². The maximum atomic E-state index is 12.4. The molecule has 1 N–H and O–H groups in total. The van der Waals surface area contributed by atoms with Crippen LogP contribution < -0.4 is 5.32 Å². The Kier molecular flexibility index (Phi) is 4.83. The molecule has 0 aliphatic carbocycles. The standard InChI is InChI=1S/C19H22N6O2/c1-13-12-27-6-5-25(13)11-19(26)23-18-7-17-14(8-20-18)3-4-16(22-17)15-9-21-24(2)10-15/h3-4,7-10,13H,5-6,11-12H2,1-2H3,(H,20,23,26)/t13-/m0/s1. The molecule has 1 amide bonds. The molecule has 0 aromatic carbocycles. The third kappa shape index (κ3) is 3.96. The molecule has 3 aromatic heterocycles. The average Bonchev–Trinajstić information content (AvgIpc) is 3.09. The molecule has 27 heavy (non-hydrogen) atoms. The molecule has 0 radical (unpaired) electrons. The van der Waals surface area contributed by atoms with Gasteiger partial charge < -0.3 is 10.1 Å².